The lowest BCUT2D eigenvalue weighted by molar-refractivity contribution is 0.239. The number of nitrogens with one attached hydrogen (secondary N) is 1. The zero-order chi connectivity index (χ0) is 17.4. The number of fused-ring (bicyclic) bond motifs is 1. The van der Waals surface area contributed by atoms with E-state index in [0.717, 1.165) is 12.3 Å². The Morgan fingerprint density at radius 2 is 2.04 bits per heavy atom. The van der Waals surface area contributed by atoms with E-state index in [9.17, 15) is 4.79 Å². The molecule has 1 aromatic carbocycles. The van der Waals surface area contributed by atoms with Gasteiger partial charge in [0.1, 0.15) is 17.0 Å². The molecular formula is C18H21N5O2. The van der Waals surface area contributed by atoms with Crippen molar-refractivity contribution in [2.45, 2.75) is 32.0 Å². The summed E-state index contributed by atoms with van der Waals surface area (Å²) in [7, 11) is 3.47. The molecule has 2 aromatic heterocycles. The molecule has 4 rings (SSSR count). The third kappa shape index (κ3) is 3.28. The monoisotopic (exact) mass is 339 g/mol. The third-order valence-electron chi connectivity index (χ3n) is 4.61. The second-order valence-corrected chi connectivity index (χ2v) is 6.50. The van der Waals surface area contributed by atoms with Crippen LogP contribution in [0.4, 0.5) is 0 Å². The standard InChI is InChI=1S/C18H21N5O2/c1-22-17-15(9-19-22)18(24)21-16(20-17)11-23(13-5-6-13)10-12-3-7-14(25-2)8-4-12/h3-4,7-9,13H,5-6,10-11H2,1-2H3,(H,20,21,24). The smallest absolute Gasteiger partial charge is 0.262 e. The first kappa shape index (κ1) is 15.8. The van der Waals surface area contributed by atoms with Crippen LogP contribution >= 0.6 is 0 Å². The summed E-state index contributed by atoms with van der Waals surface area (Å²) in [5.41, 5.74) is 1.71. The van der Waals surface area contributed by atoms with Crippen molar-refractivity contribution in [3.63, 3.8) is 0 Å². The molecule has 0 aliphatic heterocycles. The Hall–Kier alpha value is -2.67. The molecule has 1 aliphatic carbocycles. The molecule has 25 heavy (non-hydrogen) atoms. The number of aryl methyl sites for hydroxylation is 1. The van der Waals surface area contributed by atoms with E-state index in [1.807, 2.05) is 12.1 Å². The molecule has 3 aromatic rings. The van der Waals surface area contributed by atoms with Crippen molar-refractivity contribution in [3.05, 3.63) is 52.2 Å². The molecule has 0 unspecified atom stereocenters. The molecule has 1 aliphatic rings. The molecule has 7 nitrogen and oxygen atoms in total. The lowest BCUT2D eigenvalue weighted by Gasteiger charge is -2.21. The Labute approximate surface area is 145 Å². The fourth-order valence-electron chi connectivity index (χ4n) is 3.06. The van der Waals surface area contributed by atoms with Gasteiger partial charge in [-0.25, -0.2) is 4.98 Å². The molecule has 0 spiro atoms. The molecule has 0 saturated heterocycles. The molecule has 130 valence electrons. The molecule has 1 N–H and O–H groups in total. The van der Waals surface area contributed by atoms with Gasteiger partial charge in [0.2, 0.25) is 0 Å². The second kappa shape index (κ2) is 6.33. The Morgan fingerprint density at radius 1 is 1.28 bits per heavy atom. The summed E-state index contributed by atoms with van der Waals surface area (Å²) in [6, 6.07) is 8.66. The predicted molar refractivity (Wildman–Crippen MR) is 94.4 cm³/mol. The fraction of sp³-hybridized carbons (Fsp3) is 0.389. The minimum absolute atomic E-state index is 0.131. The summed E-state index contributed by atoms with van der Waals surface area (Å²) in [6.45, 7) is 1.44. The molecule has 0 radical (unpaired) electrons. The van der Waals surface area contributed by atoms with E-state index < -0.39 is 0 Å². The minimum Gasteiger partial charge on any atom is -0.497 e. The SMILES string of the molecule is COc1ccc(CN(Cc2nc3c(cnn3C)c(=O)[nH]2)C2CC2)cc1. The highest BCUT2D eigenvalue weighted by Gasteiger charge is 2.29. The maximum absolute atomic E-state index is 12.2. The highest BCUT2D eigenvalue weighted by atomic mass is 16.5. The number of hydrogen-bond acceptors (Lipinski definition) is 5. The first-order chi connectivity index (χ1) is 12.1. The van der Waals surface area contributed by atoms with Crippen molar-refractivity contribution in [3.8, 4) is 5.75 Å². The van der Waals surface area contributed by atoms with Gasteiger partial charge in [0.15, 0.2) is 5.65 Å². The number of benzene rings is 1. The predicted octanol–water partition coefficient (Wildman–Crippen LogP) is 1.83. The van der Waals surface area contributed by atoms with Crippen LogP contribution in [-0.4, -0.2) is 37.8 Å². The zero-order valence-corrected chi connectivity index (χ0v) is 14.4. The topological polar surface area (TPSA) is 76.0 Å². The quantitative estimate of drug-likeness (QED) is 0.741. The molecule has 0 atom stereocenters. The number of aromatic amines is 1. The van der Waals surface area contributed by atoms with E-state index in [2.05, 4.69) is 32.1 Å². The average molecular weight is 339 g/mol. The molecule has 1 fully saturated rings. The van der Waals surface area contributed by atoms with Crippen LogP contribution in [0.15, 0.2) is 35.3 Å². The van der Waals surface area contributed by atoms with Crippen LogP contribution in [0.1, 0.15) is 24.2 Å². The van der Waals surface area contributed by atoms with Gasteiger partial charge in [0, 0.05) is 19.6 Å². The summed E-state index contributed by atoms with van der Waals surface area (Å²) >= 11 is 0. The van der Waals surface area contributed by atoms with Crippen molar-refractivity contribution in [1.82, 2.24) is 24.6 Å². The van der Waals surface area contributed by atoms with Crippen LogP contribution in [-0.2, 0) is 20.1 Å². The van der Waals surface area contributed by atoms with E-state index in [1.165, 1.54) is 18.4 Å². The van der Waals surface area contributed by atoms with E-state index in [0.29, 0.717) is 29.4 Å². The molecule has 0 bridgehead atoms. The number of rotatable bonds is 6. The maximum Gasteiger partial charge on any atom is 0.262 e. The highest BCUT2D eigenvalue weighted by molar-refractivity contribution is 5.72. The van der Waals surface area contributed by atoms with E-state index in [-0.39, 0.29) is 5.56 Å². The van der Waals surface area contributed by atoms with Gasteiger partial charge < -0.3 is 9.72 Å². The number of ether oxygens (including phenoxy) is 1. The molecular weight excluding hydrogens is 318 g/mol. The van der Waals surface area contributed by atoms with Crippen LogP contribution in [0.5, 0.6) is 5.75 Å². The van der Waals surface area contributed by atoms with Gasteiger partial charge in [-0.3, -0.25) is 14.4 Å². The van der Waals surface area contributed by atoms with Gasteiger partial charge in [-0.05, 0) is 30.5 Å². The second-order valence-electron chi connectivity index (χ2n) is 6.50. The number of H-pyrrole nitrogens is 1. The largest absolute Gasteiger partial charge is 0.497 e. The highest BCUT2D eigenvalue weighted by Crippen LogP contribution is 2.29. The van der Waals surface area contributed by atoms with E-state index >= 15 is 0 Å². The van der Waals surface area contributed by atoms with Gasteiger partial charge in [-0.2, -0.15) is 5.10 Å². The Balaban J connectivity index is 1.57. The van der Waals surface area contributed by atoms with E-state index in [1.54, 1.807) is 25.0 Å². The Kier molecular flexibility index (Phi) is 4.01. The molecule has 7 heteroatoms. The van der Waals surface area contributed by atoms with Crippen molar-refractivity contribution in [1.29, 1.82) is 0 Å². The van der Waals surface area contributed by atoms with Crippen molar-refractivity contribution in [2.75, 3.05) is 7.11 Å². The van der Waals surface area contributed by atoms with Gasteiger partial charge in [0.05, 0.1) is 19.9 Å². The van der Waals surface area contributed by atoms with Crippen molar-refractivity contribution in [2.24, 2.45) is 7.05 Å². The van der Waals surface area contributed by atoms with Crippen LogP contribution in [0.3, 0.4) is 0 Å². The number of hydrogen-bond donors (Lipinski definition) is 1. The summed E-state index contributed by atoms with van der Waals surface area (Å²) < 4.78 is 6.85. The minimum atomic E-state index is -0.131. The first-order valence-corrected chi connectivity index (χ1v) is 8.42. The van der Waals surface area contributed by atoms with Crippen LogP contribution < -0.4 is 10.3 Å². The maximum atomic E-state index is 12.2. The van der Waals surface area contributed by atoms with Gasteiger partial charge >= 0.3 is 0 Å². The van der Waals surface area contributed by atoms with Crippen molar-refractivity contribution >= 4 is 11.0 Å². The molecule has 2 heterocycles. The number of aromatic nitrogens is 4. The van der Waals surface area contributed by atoms with E-state index in [4.69, 9.17) is 4.74 Å². The number of methoxy groups -OCH3 is 1. The van der Waals surface area contributed by atoms with Crippen molar-refractivity contribution < 1.29 is 4.74 Å². The zero-order valence-electron chi connectivity index (χ0n) is 14.4. The summed E-state index contributed by atoms with van der Waals surface area (Å²) in [5, 5.41) is 4.64. The van der Waals surface area contributed by atoms with Crippen LogP contribution in [0.25, 0.3) is 11.0 Å². The van der Waals surface area contributed by atoms with Crippen LogP contribution in [0.2, 0.25) is 0 Å². The first-order valence-electron chi connectivity index (χ1n) is 8.42. The normalized spacial score (nSPS) is 14.4. The van der Waals surface area contributed by atoms with Gasteiger partial charge in [-0.15, -0.1) is 0 Å². The molecule has 0 amide bonds. The Bertz CT molecular complexity index is 940. The third-order valence-corrected chi connectivity index (χ3v) is 4.61. The summed E-state index contributed by atoms with van der Waals surface area (Å²) in [4.78, 5) is 22.1. The Morgan fingerprint density at radius 3 is 2.72 bits per heavy atom. The summed E-state index contributed by atoms with van der Waals surface area (Å²) in [5.74, 6) is 1.54. The lowest BCUT2D eigenvalue weighted by Crippen LogP contribution is -2.27. The van der Waals surface area contributed by atoms with Gasteiger partial charge in [0.25, 0.3) is 5.56 Å². The fourth-order valence-corrected chi connectivity index (χ4v) is 3.06. The molecule has 1 saturated carbocycles. The summed E-state index contributed by atoms with van der Waals surface area (Å²) in [6.07, 6.45) is 3.93. The van der Waals surface area contributed by atoms with Crippen LogP contribution in [0, 0.1) is 0 Å². The lowest BCUT2D eigenvalue weighted by atomic mass is 10.2. The van der Waals surface area contributed by atoms with Gasteiger partial charge in [-0.1, -0.05) is 12.1 Å². The average Bonchev–Trinajstić information content (AvgIpc) is 3.39. The number of nitrogens with zero attached hydrogens (tertiary/aromatic N) is 4.